The summed E-state index contributed by atoms with van der Waals surface area (Å²) in [6.07, 6.45) is -4.70. The number of halogens is 3. The van der Waals surface area contributed by atoms with E-state index < -0.39 is 6.36 Å². The van der Waals surface area contributed by atoms with E-state index in [0.29, 0.717) is 6.54 Å². The minimum atomic E-state index is -4.70. The van der Waals surface area contributed by atoms with Gasteiger partial charge in [0.1, 0.15) is 5.75 Å². The maximum absolute atomic E-state index is 12.1. The van der Waals surface area contributed by atoms with Gasteiger partial charge in [-0.05, 0) is 41.8 Å². The van der Waals surface area contributed by atoms with Crippen molar-refractivity contribution >= 4 is 11.6 Å². The average Bonchev–Trinajstić information content (AvgIpc) is 2.58. The Hall–Kier alpha value is -2.90. The first-order valence-electron chi connectivity index (χ1n) is 8.29. The van der Waals surface area contributed by atoms with E-state index in [2.05, 4.69) is 21.1 Å². The summed E-state index contributed by atoms with van der Waals surface area (Å²) in [6.45, 7) is 2.80. The Balaban J connectivity index is 1.93. The standard InChI is InChI=1S/C19H23F3N4O/c1-13-4-7-15(17(10-13)26(2)3)12-25-18(23)24-11-14-5-8-16(9-6-14)27-19(20,21)22/h4-10H,11-12H2,1-3H3,(H3,23,24,25). The minimum Gasteiger partial charge on any atom is -0.406 e. The molecule has 0 amide bonds. The van der Waals surface area contributed by atoms with Gasteiger partial charge in [-0.15, -0.1) is 13.2 Å². The Labute approximate surface area is 156 Å². The largest absolute Gasteiger partial charge is 0.573 e. The van der Waals surface area contributed by atoms with Gasteiger partial charge < -0.3 is 20.7 Å². The fraction of sp³-hybridized carbons (Fsp3) is 0.316. The lowest BCUT2D eigenvalue weighted by Crippen LogP contribution is -2.31. The summed E-state index contributed by atoms with van der Waals surface area (Å²) in [6, 6.07) is 11.7. The van der Waals surface area contributed by atoms with Crippen molar-refractivity contribution in [2.75, 3.05) is 19.0 Å². The zero-order chi connectivity index (χ0) is 20.0. The normalized spacial score (nSPS) is 12.0. The maximum atomic E-state index is 12.1. The maximum Gasteiger partial charge on any atom is 0.573 e. The molecule has 0 aliphatic carbocycles. The Morgan fingerprint density at radius 3 is 2.41 bits per heavy atom. The van der Waals surface area contributed by atoms with Crippen LogP contribution in [0.4, 0.5) is 18.9 Å². The molecule has 0 atom stereocenters. The zero-order valence-electron chi connectivity index (χ0n) is 15.5. The Kier molecular flexibility index (Phi) is 6.55. The fourth-order valence-corrected chi connectivity index (χ4v) is 2.45. The highest BCUT2D eigenvalue weighted by molar-refractivity contribution is 5.78. The molecule has 5 nitrogen and oxygen atoms in total. The van der Waals surface area contributed by atoms with E-state index in [9.17, 15) is 13.2 Å². The number of hydrogen-bond donors (Lipinski definition) is 2. The molecule has 0 saturated heterocycles. The van der Waals surface area contributed by atoms with Crippen molar-refractivity contribution in [2.45, 2.75) is 26.4 Å². The first-order chi connectivity index (χ1) is 12.6. The number of aliphatic imine (C=N–C) groups is 1. The molecular weight excluding hydrogens is 357 g/mol. The Morgan fingerprint density at radius 2 is 1.81 bits per heavy atom. The van der Waals surface area contributed by atoms with Crippen LogP contribution in [-0.4, -0.2) is 26.4 Å². The van der Waals surface area contributed by atoms with Gasteiger partial charge in [-0.25, -0.2) is 4.99 Å². The number of nitrogens with zero attached hydrogens (tertiary/aromatic N) is 2. The van der Waals surface area contributed by atoms with Gasteiger partial charge in [0, 0.05) is 26.3 Å². The molecular formula is C19H23F3N4O. The predicted octanol–water partition coefficient (Wildman–Crippen LogP) is 3.56. The number of alkyl halides is 3. The highest BCUT2D eigenvalue weighted by Gasteiger charge is 2.30. The van der Waals surface area contributed by atoms with Crippen LogP contribution < -0.4 is 20.7 Å². The quantitative estimate of drug-likeness (QED) is 0.594. The molecule has 8 heteroatoms. The summed E-state index contributed by atoms with van der Waals surface area (Å²) in [5, 5.41) is 3.05. The van der Waals surface area contributed by atoms with E-state index in [-0.39, 0.29) is 18.3 Å². The molecule has 146 valence electrons. The van der Waals surface area contributed by atoms with Crippen LogP contribution in [0.1, 0.15) is 16.7 Å². The number of anilines is 1. The van der Waals surface area contributed by atoms with Crippen LogP contribution in [0.5, 0.6) is 5.75 Å². The first kappa shape index (κ1) is 20.4. The number of rotatable bonds is 6. The van der Waals surface area contributed by atoms with Gasteiger partial charge in [0.05, 0.1) is 6.54 Å². The number of ether oxygens (including phenoxy) is 1. The third-order valence-corrected chi connectivity index (χ3v) is 3.77. The van der Waals surface area contributed by atoms with Crippen molar-refractivity contribution in [1.29, 1.82) is 0 Å². The highest BCUT2D eigenvalue weighted by Crippen LogP contribution is 2.23. The lowest BCUT2D eigenvalue weighted by atomic mass is 10.1. The summed E-state index contributed by atoms with van der Waals surface area (Å²) in [4.78, 5) is 6.24. The van der Waals surface area contributed by atoms with E-state index >= 15 is 0 Å². The molecule has 0 spiro atoms. The molecule has 3 N–H and O–H groups in total. The van der Waals surface area contributed by atoms with Crippen LogP contribution in [0.25, 0.3) is 0 Å². The van der Waals surface area contributed by atoms with Gasteiger partial charge in [0.2, 0.25) is 0 Å². The molecule has 0 radical (unpaired) electrons. The SMILES string of the molecule is Cc1ccc(CNC(N)=NCc2ccc(OC(F)(F)F)cc2)c(N(C)C)c1. The number of nitrogens with one attached hydrogen (secondary N) is 1. The number of guanidine groups is 1. The Morgan fingerprint density at radius 1 is 1.15 bits per heavy atom. The molecule has 0 aliphatic heterocycles. The van der Waals surface area contributed by atoms with E-state index in [1.54, 1.807) is 0 Å². The Bertz CT molecular complexity index is 787. The van der Waals surface area contributed by atoms with Crippen LogP contribution in [0.15, 0.2) is 47.5 Å². The molecule has 0 aliphatic rings. The van der Waals surface area contributed by atoms with Gasteiger partial charge in [0.15, 0.2) is 5.96 Å². The van der Waals surface area contributed by atoms with E-state index in [4.69, 9.17) is 5.73 Å². The van der Waals surface area contributed by atoms with Gasteiger partial charge in [0.25, 0.3) is 0 Å². The fourth-order valence-electron chi connectivity index (χ4n) is 2.45. The lowest BCUT2D eigenvalue weighted by molar-refractivity contribution is -0.274. The molecule has 0 aromatic heterocycles. The number of nitrogens with two attached hydrogens (primary N) is 1. The number of hydrogen-bond acceptors (Lipinski definition) is 3. The zero-order valence-corrected chi connectivity index (χ0v) is 15.5. The second-order valence-corrected chi connectivity index (χ2v) is 6.27. The van der Waals surface area contributed by atoms with Gasteiger partial charge in [-0.1, -0.05) is 24.3 Å². The van der Waals surface area contributed by atoms with E-state index in [1.165, 1.54) is 29.8 Å². The van der Waals surface area contributed by atoms with E-state index in [0.717, 1.165) is 16.8 Å². The number of benzene rings is 2. The molecule has 0 fully saturated rings. The topological polar surface area (TPSA) is 62.9 Å². The molecule has 0 saturated carbocycles. The first-order valence-corrected chi connectivity index (χ1v) is 8.29. The van der Waals surface area contributed by atoms with Crippen LogP contribution in [0.2, 0.25) is 0 Å². The summed E-state index contributed by atoms with van der Waals surface area (Å²) < 4.78 is 40.3. The molecule has 2 aromatic carbocycles. The van der Waals surface area contributed by atoms with Gasteiger partial charge in [-0.3, -0.25) is 0 Å². The smallest absolute Gasteiger partial charge is 0.406 e. The molecule has 0 bridgehead atoms. The van der Waals surface area contributed by atoms with Crippen LogP contribution >= 0.6 is 0 Å². The highest BCUT2D eigenvalue weighted by atomic mass is 19.4. The molecule has 0 heterocycles. The van der Waals surface area contributed by atoms with Crippen molar-refractivity contribution < 1.29 is 17.9 Å². The summed E-state index contributed by atoms with van der Waals surface area (Å²) in [5.74, 6) is -0.00666. The molecule has 2 rings (SSSR count). The summed E-state index contributed by atoms with van der Waals surface area (Å²) in [7, 11) is 3.95. The van der Waals surface area contributed by atoms with Crippen molar-refractivity contribution in [3.8, 4) is 5.75 Å². The number of aryl methyl sites for hydroxylation is 1. The third-order valence-electron chi connectivity index (χ3n) is 3.77. The lowest BCUT2D eigenvalue weighted by Gasteiger charge is -2.18. The van der Waals surface area contributed by atoms with Crippen molar-refractivity contribution in [3.05, 3.63) is 59.2 Å². The monoisotopic (exact) mass is 380 g/mol. The molecule has 0 unspecified atom stereocenters. The van der Waals surface area contributed by atoms with Gasteiger partial charge in [-0.2, -0.15) is 0 Å². The minimum absolute atomic E-state index is 0.250. The van der Waals surface area contributed by atoms with Gasteiger partial charge >= 0.3 is 6.36 Å². The predicted molar refractivity (Wildman–Crippen MR) is 101 cm³/mol. The van der Waals surface area contributed by atoms with Crippen molar-refractivity contribution in [2.24, 2.45) is 10.7 Å². The van der Waals surface area contributed by atoms with E-state index in [1.807, 2.05) is 38.1 Å². The van der Waals surface area contributed by atoms with Crippen LogP contribution in [0, 0.1) is 6.92 Å². The molecule has 27 heavy (non-hydrogen) atoms. The summed E-state index contributed by atoms with van der Waals surface area (Å²) >= 11 is 0. The van der Waals surface area contributed by atoms with Crippen LogP contribution in [-0.2, 0) is 13.1 Å². The van der Waals surface area contributed by atoms with Crippen LogP contribution in [0.3, 0.4) is 0 Å². The third kappa shape index (κ3) is 6.73. The summed E-state index contributed by atoms with van der Waals surface area (Å²) in [5.41, 5.74) is 9.95. The second kappa shape index (κ2) is 8.66. The van der Waals surface area contributed by atoms with Crippen molar-refractivity contribution in [3.63, 3.8) is 0 Å². The van der Waals surface area contributed by atoms with Crippen molar-refractivity contribution in [1.82, 2.24) is 5.32 Å². The molecule has 2 aromatic rings. The average molecular weight is 380 g/mol. The second-order valence-electron chi connectivity index (χ2n) is 6.27.